The van der Waals surface area contributed by atoms with Gasteiger partial charge in [-0.2, -0.15) is 0 Å². The van der Waals surface area contributed by atoms with Gasteiger partial charge < -0.3 is 8.98 Å². The van der Waals surface area contributed by atoms with Gasteiger partial charge in [-0.05, 0) is 65.2 Å². The van der Waals surface area contributed by atoms with Crippen molar-refractivity contribution in [1.82, 2.24) is 9.55 Å². The van der Waals surface area contributed by atoms with E-state index in [-0.39, 0.29) is 0 Å². The summed E-state index contributed by atoms with van der Waals surface area (Å²) in [5.74, 6) is 0. The molecule has 8 aromatic carbocycles. The topological polar surface area (TPSA) is 31.0 Å². The van der Waals surface area contributed by atoms with Crippen LogP contribution in [-0.2, 0) is 0 Å². The second-order valence-electron chi connectivity index (χ2n) is 13.5. The molecule has 0 N–H and O–H groups in total. The number of hydrogen-bond acceptors (Lipinski definition) is 2. The third-order valence-electron chi connectivity index (χ3n) is 10.5. The van der Waals surface area contributed by atoms with Crippen LogP contribution in [0.4, 0.5) is 0 Å². The molecule has 52 heavy (non-hydrogen) atoms. The van der Waals surface area contributed by atoms with Gasteiger partial charge in [-0.25, -0.2) is 4.98 Å². The summed E-state index contributed by atoms with van der Waals surface area (Å²) < 4.78 is 9.02. The van der Waals surface area contributed by atoms with Gasteiger partial charge in [-0.15, -0.1) is 0 Å². The van der Waals surface area contributed by atoms with E-state index in [1.807, 2.05) is 6.07 Å². The minimum absolute atomic E-state index is 0.858. The standard InChI is InChI=1S/C49H30N2O/c1-2-14-31(15-3-1)49-40-30-45-48(39-23-7-11-27-44(39)52-45)46(47(40)38-22-4-8-24-41(38)50-49)34-18-12-16-32(28-34)33-17-13-19-35(29-33)51-42-25-9-5-20-36(42)37-21-6-10-26-43(37)51/h1-30H. The van der Waals surface area contributed by atoms with Crippen LogP contribution in [0.3, 0.4) is 0 Å². The van der Waals surface area contributed by atoms with Crippen LogP contribution >= 0.6 is 0 Å². The summed E-state index contributed by atoms with van der Waals surface area (Å²) in [6.07, 6.45) is 0. The Hall–Kier alpha value is -6.97. The molecule has 11 rings (SSSR count). The van der Waals surface area contributed by atoms with E-state index in [1.54, 1.807) is 0 Å². The maximum atomic E-state index is 6.64. The molecule has 0 spiro atoms. The average molecular weight is 663 g/mol. The van der Waals surface area contributed by atoms with Crippen LogP contribution in [0.5, 0.6) is 0 Å². The molecular weight excluding hydrogens is 633 g/mol. The highest BCUT2D eigenvalue weighted by molar-refractivity contribution is 6.27. The molecule has 0 amide bonds. The van der Waals surface area contributed by atoms with Crippen molar-refractivity contribution in [2.24, 2.45) is 0 Å². The normalized spacial score (nSPS) is 11.8. The lowest BCUT2D eigenvalue weighted by Gasteiger charge is -2.16. The maximum Gasteiger partial charge on any atom is 0.136 e. The first-order chi connectivity index (χ1) is 25.8. The lowest BCUT2D eigenvalue weighted by molar-refractivity contribution is 0.669. The number of pyridine rings is 1. The van der Waals surface area contributed by atoms with Gasteiger partial charge >= 0.3 is 0 Å². The van der Waals surface area contributed by atoms with Crippen molar-refractivity contribution >= 4 is 65.4 Å². The van der Waals surface area contributed by atoms with E-state index >= 15 is 0 Å². The van der Waals surface area contributed by atoms with Gasteiger partial charge in [0, 0.05) is 54.5 Å². The summed E-state index contributed by atoms with van der Waals surface area (Å²) >= 11 is 0. The third-order valence-corrected chi connectivity index (χ3v) is 10.5. The number of rotatable bonds is 4. The first kappa shape index (κ1) is 28.8. The molecule has 0 fully saturated rings. The van der Waals surface area contributed by atoms with E-state index in [4.69, 9.17) is 9.40 Å². The van der Waals surface area contributed by atoms with Crippen LogP contribution < -0.4 is 0 Å². The minimum atomic E-state index is 0.858. The Balaban J connectivity index is 1.20. The van der Waals surface area contributed by atoms with Gasteiger partial charge in [0.05, 0.1) is 22.2 Å². The van der Waals surface area contributed by atoms with Crippen LogP contribution in [-0.4, -0.2) is 9.55 Å². The van der Waals surface area contributed by atoms with Crippen molar-refractivity contribution < 1.29 is 4.42 Å². The predicted octanol–water partition coefficient (Wildman–Crippen LogP) is 13.4. The molecule has 3 heteroatoms. The number of para-hydroxylation sites is 4. The fraction of sp³-hybridized carbons (Fsp3) is 0. The van der Waals surface area contributed by atoms with Crippen molar-refractivity contribution in [3.05, 3.63) is 182 Å². The average Bonchev–Trinajstić information content (AvgIpc) is 3.76. The molecule has 3 heterocycles. The Morgan fingerprint density at radius 2 is 0.981 bits per heavy atom. The van der Waals surface area contributed by atoms with E-state index in [0.717, 1.165) is 77.4 Å². The molecular formula is C49H30N2O. The van der Waals surface area contributed by atoms with Gasteiger partial charge in [-0.3, -0.25) is 0 Å². The number of benzene rings is 8. The summed E-state index contributed by atoms with van der Waals surface area (Å²) in [7, 11) is 0. The largest absolute Gasteiger partial charge is 0.456 e. The van der Waals surface area contributed by atoms with Gasteiger partial charge in [0.2, 0.25) is 0 Å². The zero-order valence-electron chi connectivity index (χ0n) is 28.1. The van der Waals surface area contributed by atoms with Crippen LogP contribution in [0, 0.1) is 0 Å². The molecule has 242 valence electrons. The van der Waals surface area contributed by atoms with E-state index in [0.29, 0.717) is 0 Å². The van der Waals surface area contributed by atoms with Gasteiger partial charge in [0.1, 0.15) is 11.2 Å². The summed E-state index contributed by atoms with van der Waals surface area (Å²) in [5, 5.41) is 8.12. The molecule has 0 bridgehead atoms. The van der Waals surface area contributed by atoms with E-state index < -0.39 is 0 Å². The Kier molecular flexibility index (Phi) is 6.25. The number of hydrogen-bond donors (Lipinski definition) is 0. The fourth-order valence-corrected chi connectivity index (χ4v) is 8.30. The van der Waals surface area contributed by atoms with Crippen molar-refractivity contribution in [3.63, 3.8) is 0 Å². The van der Waals surface area contributed by atoms with Crippen LogP contribution in [0.1, 0.15) is 0 Å². The maximum absolute atomic E-state index is 6.64. The molecule has 0 aliphatic carbocycles. The van der Waals surface area contributed by atoms with Gasteiger partial charge in [0.25, 0.3) is 0 Å². The molecule has 0 unspecified atom stereocenters. The predicted molar refractivity (Wildman–Crippen MR) is 217 cm³/mol. The zero-order valence-corrected chi connectivity index (χ0v) is 28.1. The van der Waals surface area contributed by atoms with Gasteiger partial charge in [-0.1, -0.05) is 133 Å². The Bertz CT molecular complexity index is 3130. The second kappa shape index (κ2) is 11.3. The zero-order chi connectivity index (χ0) is 34.2. The first-order valence-corrected chi connectivity index (χ1v) is 17.7. The lowest BCUT2D eigenvalue weighted by Crippen LogP contribution is -1.94. The molecule has 0 saturated carbocycles. The van der Waals surface area contributed by atoms with Crippen LogP contribution in [0.15, 0.2) is 186 Å². The molecule has 0 radical (unpaired) electrons. The lowest BCUT2D eigenvalue weighted by atomic mass is 9.88. The minimum Gasteiger partial charge on any atom is -0.456 e. The highest BCUT2D eigenvalue weighted by Gasteiger charge is 2.22. The molecule has 3 nitrogen and oxygen atoms in total. The Morgan fingerprint density at radius 3 is 1.77 bits per heavy atom. The highest BCUT2D eigenvalue weighted by Crippen LogP contribution is 2.47. The number of nitrogens with zero attached hydrogens (tertiary/aromatic N) is 2. The van der Waals surface area contributed by atoms with E-state index in [2.05, 4.69) is 180 Å². The van der Waals surface area contributed by atoms with E-state index in [1.165, 1.54) is 27.2 Å². The molecule has 0 aliphatic rings. The summed E-state index contributed by atoms with van der Waals surface area (Å²) in [6, 6.07) is 64.9. The Morgan fingerprint density at radius 1 is 0.385 bits per heavy atom. The number of furan rings is 1. The van der Waals surface area contributed by atoms with E-state index in [9.17, 15) is 0 Å². The number of fused-ring (bicyclic) bond motifs is 9. The van der Waals surface area contributed by atoms with Crippen LogP contribution in [0.2, 0.25) is 0 Å². The molecule has 0 saturated heterocycles. The smallest absolute Gasteiger partial charge is 0.136 e. The summed E-state index contributed by atoms with van der Waals surface area (Å²) in [6.45, 7) is 0. The van der Waals surface area contributed by atoms with Crippen LogP contribution in [0.25, 0.3) is 105 Å². The molecule has 0 atom stereocenters. The van der Waals surface area contributed by atoms with Crippen molar-refractivity contribution in [3.8, 4) is 39.2 Å². The van der Waals surface area contributed by atoms with Crippen molar-refractivity contribution in [2.45, 2.75) is 0 Å². The van der Waals surface area contributed by atoms with Crippen molar-refractivity contribution in [1.29, 1.82) is 0 Å². The highest BCUT2D eigenvalue weighted by atomic mass is 16.3. The SMILES string of the molecule is c1ccc(-c2nc3ccccc3c3c(-c4cccc(-c5cccc(-n6c7ccccc7c7ccccc76)c5)c4)c4c(cc23)oc2ccccc24)cc1. The first-order valence-electron chi connectivity index (χ1n) is 17.7. The fourth-order valence-electron chi connectivity index (χ4n) is 8.30. The molecule has 11 aromatic rings. The monoisotopic (exact) mass is 662 g/mol. The number of aromatic nitrogens is 2. The third kappa shape index (κ3) is 4.30. The molecule has 3 aromatic heterocycles. The molecule has 0 aliphatic heterocycles. The summed E-state index contributed by atoms with van der Waals surface area (Å²) in [4.78, 5) is 5.27. The quantitative estimate of drug-likeness (QED) is 0.176. The second-order valence-corrected chi connectivity index (χ2v) is 13.5. The summed E-state index contributed by atoms with van der Waals surface area (Å²) in [5.41, 5.74) is 12.9. The Labute approximate surface area is 299 Å². The van der Waals surface area contributed by atoms with Crippen molar-refractivity contribution in [2.75, 3.05) is 0 Å². The van der Waals surface area contributed by atoms with Gasteiger partial charge in [0.15, 0.2) is 0 Å².